The predicted octanol–water partition coefficient (Wildman–Crippen LogP) is 2.58. The van der Waals surface area contributed by atoms with E-state index in [1.807, 2.05) is 31.2 Å². The number of hydrogen-bond donors (Lipinski definition) is 1. The minimum Gasteiger partial charge on any atom is -0.497 e. The lowest BCUT2D eigenvalue weighted by Crippen LogP contribution is -2.28. The quantitative estimate of drug-likeness (QED) is 0.857. The summed E-state index contributed by atoms with van der Waals surface area (Å²) >= 11 is 0. The van der Waals surface area contributed by atoms with Crippen LogP contribution in [0, 0.1) is 0 Å². The first kappa shape index (κ1) is 18.8. The Morgan fingerprint density at radius 2 is 1.80 bits per heavy atom. The molecule has 0 aromatic heterocycles. The zero-order chi connectivity index (χ0) is 18.6. The maximum absolute atomic E-state index is 12.5. The number of sulfonamides is 1. The molecule has 2 aromatic rings. The van der Waals surface area contributed by atoms with Crippen molar-refractivity contribution in [2.45, 2.75) is 13.0 Å². The van der Waals surface area contributed by atoms with Crippen molar-refractivity contribution >= 4 is 21.6 Å². The van der Waals surface area contributed by atoms with Gasteiger partial charge in [-0.2, -0.15) is 0 Å². The number of rotatable bonds is 6. The van der Waals surface area contributed by atoms with Gasteiger partial charge in [0.25, 0.3) is 5.91 Å². The van der Waals surface area contributed by atoms with Crippen LogP contribution in [-0.4, -0.2) is 34.7 Å². The van der Waals surface area contributed by atoms with Gasteiger partial charge in [0.15, 0.2) is 0 Å². The highest BCUT2D eigenvalue weighted by molar-refractivity contribution is 7.92. The van der Waals surface area contributed by atoms with Crippen LogP contribution in [0.4, 0.5) is 5.69 Å². The van der Waals surface area contributed by atoms with Crippen LogP contribution < -0.4 is 14.4 Å². The Kier molecular flexibility index (Phi) is 5.69. The van der Waals surface area contributed by atoms with Crippen molar-refractivity contribution in [1.82, 2.24) is 5.32 Å². The van der Waals surface area contributed by atoms with E-state index in [1.165, 1.54) is 7.05 Å². The molecular weight excluding hydrogens is 340 g/mol. The van der Waals surface area contributed by atoms with Crippen LogP contribution in [0.25, 0.3) is 0 Å². The Hall–Kier alpha value is -2.54. The van der Waals surface area contributed by atoms with Gasteiger partial charge in [-0.15, -0.1) is 0 Å². The van der Waals surface area contributed by atoms with E-state index in [4.69, 9.17) is 4.74 Å². The molecule has 1 N–H and O–H groups in total. The van der Waals surface area contributed by atoms with Gasteiger partial charge in [0, 0.05) is 12.6 Å². The van der Waals surface area contributed by atoms with E-state index in [1.54, 1.807) is 31.4 Å². The fourth-order valence-electron chi connectivity index (χ4n) is 2.29. The average Bonchev–Trinajstić information content (AvgIpc) is 2.60. The van der Waals surface area contributed by atoms with Gasteiger partial charge in [-0.05, 0) is 42.8 Å². The van der Waals surface area contributed by atoms with E-state index in [2.05, 4.69) is 5.32 Å². The number of nitrogens with one attached hydrogen (secondary N) is 1. The summed E-state index contributed by atoms with van der Waals surface area (Å²) < 4.78 is 29.5. The topological polar surface area (TPSA) is 75.7 Å². The Morgan fingerprint density at radius 3 is 2.36 bits per heavy atom. The van der Waals surface area contributed by atoms with Gasteiger partial charge in [0.05, 0.1) is 25.1 Å². The molecule has 0 saturated carbocycles. The Labute approximate surface area is 148 Å². The summed E-state index contributed by atoms with van der Waals surface area (Å²) in [6.07, 6.45) is 1.12. The predicted molar refractivity (Wildman–Crippen MR) is 98.6 cm³/mol. The second-order valence-electron chi connectivity index (χ2n) is 5.75. The molecule has 2 rings (SSSR count). The number of benzene rings is 2. The van der Waals surface area contributed by atoms with Crippen LogP contribution in [0.15, 0.2) is 48.5 Å². The fourth-order valence-corrected chi connectivity index (χ4v) is 2.79. The monoisotopic (exact) mass is 362 g/mol. The molecule has 0 unspecified atom stereocenters. The van der Waals surface area contributed by atoms with Crippen molar-refractivity contribution in [1.29, 1.82) is 0 Å². The largest absolute Gasteiger partial charge is 0.497 e. The molecule has 25 heavy (non-hydrogen) atoms. The average molecular weight is 362 g/mol. The van der Waals surface area contributed by atoms with Crippen LogP contribution in [-0.2, 0) is 10.0 Å². The lowest BCUT2D eigenvalue weighted by molar-refractivity contribution is 0.0940. The molecular formula is C18H22N2O4S. The molecule has 0 aliphatic heterocycles. The van der Waals surface area contributed by atoms with E-state index in [9.17, 15) is 13.2 Å². The number of amides is 1. The van der Waals surface area contributed by atoms with Gasteiger partial charge >= 0.3 is 0 Å². The molecule has 6 nitrogen and oxygen atoms in total. The summed E-state index contributed by atoms with van der Waals surface area (Å²) in [4.78, 5) is 12.5. The van der Waals surface area contributed by atoms with Gasteiger partial charge < -0.3 is 10.1 Å². The highest BCUT2D eigenvalue weighted by atomic mass is 32.2. The van der Waals surface area contributed by atoms with Gasteiger partial charge in [-0.3, -0.25) is 9.10 Å². The third-order valence-corrected chi connectivity index (χ3v) is 5.14. The van der Waals surface area contributed by atoms with Crippen LogP contribution in [0.5, 0.6) is 5.75 Å². The lowest BCUT2D eigenvalue weighted by atomic mass is 10.1. The van der Waals surface area contributed by atoms with Gasteiger partial charge in [-0.1, -0.05) is 18.2 Å². The molecule has 1 amide bonds. The van der Waals surface area contributed by atoms with Crippen molar-refractivity contribution in [3.63, 3.8) is 0 Å². The molecule has 7 heteroatoms. The molecule has 0 radical (unpaired) electrons. The zero-order valence-corrected chi connectivity index (χ0v) is 15.5. The van der Waals surface area contributed by atoms with Crippen LogP contribution in [0.2, 0.25) is 0 Å². The smallest absolute Gasteiger partial charge is 0.251 e. The maximum Gasteiger partial charge on any atom is 0.251 e. The Bertz CT molecular complexity index is 848. The van der Waals surface area contributed by atoms with Crippen LogP contribution in [0.1, 0.15) is 28.9 Å². The molecule has 134 valence electrons. The Balaban J connectivity index is 2.14. The van der Waals surface area contributed by atoms with E-state index in [-0.39, 0.29) is 11.9 Å². The maximum atomic E-state index is 12.5. The first-order chi connectivity index (χ1) is 11.7. The summed E-state index contributed by atoms with van der Waals surface area (Å²) in [5.74, 6) is 0.478. The van der Waals surface area contributed by atoms with Crippen molar-refractivity contribution in [2.24, 2.45) is 0 Å². The fraction of sp³-hybridized carbons (Fsp3) is 0.278. The van der Waals surface area contributed by atoms with Crippen molar-refractivity contribution < 1.29 is 17.9 Å². The summed E-state index contributed by atoms with van der Waals surface area (Å²) in [6.45, 7) is 1.88. The van der Waals surface area contributed by atoms with E-state index in [0.29, 0.717) is 11.3 Å². The van der Waals surface area contributed by atoms with Crippen LogP contribution >= 0.6 is 0 Å². The van der Waals surface area contributed by atoms with Crippen molar-refractivity contribution in [2.75, 3.05) is 24.7 Å². The van der Waals surface area contributed by atoms with E-state index in [0.717, 1.165) is 21.9 Å². The summed E-state index contributed by atoms with van der Waals surface area (Å²) in [5, 5.41) is 2.91. The van der Waals surface area contributed by atoms with Gasteiger partial charge in [-0.25, -0.2) is 8.42 Å². The first-order valence-corrected chi connectivity index (χ1v) is 9.56. The number of carbonyl (C=O) groups is 1. The summed E-state index contributed by atoms with van der Waals surface area (Å²) in [6, 6.07) is 13.7. The molecule has 0 spiro atoms. The number of hydrogen-bond acceptors (Lipinski definition) is 4. The molecule has 0 aliphatic rings. The molecule has 0 fully saturated rings. The van der Waals surface area contributed by atoms with Gasteiger partial charge in [0.1, 0.15) is 5.75 Å². The highest BCUT2D eigenvalue weighted by Crippen LogP contribution is 2.20. The number of carbonyl (C=O) groups excluding carboxylic acids is 1. The first-order valence-electron chi connectivity index (χ1n) is 7.71. The standard InChI is InChI=1S/C18H22N2O4S/c1-13(14-8-10-17(24-3)11-9-14)19-18(21)15-6-5-7-16(12-15)20(2)25(4,22)23/h5-13H,1-4H3,(H,19,21)/t13-/m1/s1. The highest BCUT2D eigenvalue weighted by Gasteiger charge is 2.16. The van der Waals surface area contributed by atoms with Crippen LogP contribution in [0.3, 0.4) is 0 Å². The molecule has 0 saturated heterocycles. The van der Waals surface area contributed by atoms with E-state index >= 15 is 0 Å². The van der Waals surface area contributed by atoms with Crippen molar-refractivity contribution in [3.8, 4) is 5.75 Å². The second-order valence-corrected chi connectivity index (χ2v) is 7.76. The molecule has 0 aliphatic carbocycles. The number of nitrogens with zero attached hydrogens (tertiary/aromatic N) is 1. The second kappa shape index (κ2) is 7.57. The summed E-state index contributed by atoms with van der Waals surface area (Å²) in [7, 11) is -0.333. The van der Waals surface area contributed by atoms with E-state index < -0.39 is 10.0 Å². The Morgan fingerprint density at radius 1 is 1.16 bits per heavy atom. The van der Waals surface area contributed by atoms with Gasteiger partial charge in [0.2, 0.25) is 10.0 Å². The minimum atomic E-state index is -3.38. The summed E-state index contributed by atoms with van der Waals surface area (Å²) in [5.41, 5.74) is 1.78. The normalized spacial score (nSPS) is 12.3. The SMILES string of the molecule is COc1ccc([C@@H](C)NC(=O)c2cccc(N(C)S(C)(=O)=O)c2)cc1. The minimum absolute atomic E-state index is 0.199. The van der Waals surface area contributed by atoms with Crippen molar-refractivity contribution in [3.05, 3.63) is 59.7 Å². The number of anilines is 1. The zero-order valence-electron chi connectivity index (χ0n) is 14.7. The molecule has 1 atom stereocenters. The third-order valence-electron chi connectivity index (χ3n) is 3.93. The molecule has 2 aromatic carbocycles. The number of ether oxygens (including phenoxy) is 1. The number of methoxy groups -OCH3 is 1. The molecule has 0 heterocycles. The molecule has 0 bridgehead atoms. The third kappa shape index (κ3) is 4.73. The lowest BCUT2D eigenvalue weighted by Gasteiger charge is -2.18.